The van der Waals surface area contributed by atoms with E-state index in [0.29, 0.717) is 18.4 Å². The van der Waals surface area contributed by atoms with E-state index >= 15 is 0 Å². The van der Waals surface area contributed by atoms with E-state index in [4.69, 9.17) is 14.6 Å². The molecular formula is C22H34O7. The van der Waals surface area contributed by atoms with Crippen LogP contribution in [-0.2, 0) is 14.3 Å². The lowest BCUT2D eigenvalue weighted by Gasteiger charge is -2.60. The van der Waals surface area contributed by atoms with E-state index in [1.165, 1.54) is 5.57 Å². The number of carbonyl (C=O) groups excluding carboxylic acids is 1. The summed E-state index contributed by atoms with van der Waals surface area (Å²) in [6, 6.07) is 0. The zero-order valence-electron chi connectivity index (χ0n) is 17.6. The van der Waals surface area contributed by atoms with Gasteiger partial charge in [-0.05, 0) is 55.8 Å². The molecule has 0 aromatic rings. The third kappa shape index (κ3) is 4.51. The van der Waals surface area contributed by atoms with E-state index in [1.807, 2.05) is 6.92 Å². The van der Waals surface area contributed by atoms with Crippen LogP contribution in [0, 0.1) is 22.7 Å². The molecular weight excluding hydrogens is 376 g/mol. The molecule has 2 saturated carbocycles. The van der Waals surface area contributed by atoms with Gasteiger partial charge in [-0.2, -0.15) is 0 Å². The van der Waals surface area contributed by atoms with Gasteiger partial charge < -0.3 is 25.2 Å². The molecule has 0 aromatic heterocycles. The highest BCUT2D eigenvalue weighted by Crippen LogP contribution is 2.61. The standard InChI is InChI=1S/C20H30O5.C2H4O2/c1-12-4-7-16-19(2,9-8-17(23)20(16,3)11-21)14(12)6-5-13-15(22)10-25-18(13)24;1-2(3)4/h14,16-17,21-23H,1,4-11H2,2-3H3;1H3,(H,3,4)/t14-,16+,17-,19+,20+;/m1./s1. The Morgan fingerprint density at radius 1 is 1.31 bits per heavy atom. The molecule has 0 bridgehead atoms. The molecule has 0 aromatic carbocycles. The maximum atomic E-state index is 11.8. The molecule has 1 heterocycles. The third-order valence-electron chi connectivity index (χ3n) is 7.31. The van der Waals surface area contributed by atoms with E-state index in [0.717, 1.165) is 32.6 Å². The molecule has 0 unspecified atom stereocenters. The minimum absolute atomic E-state index is 0.0194. The number of carboxylic acids is 1. The number of rotatable bonds is 4. The van der Waals surface area contributed by atoms with Crippen molar-refractivity contribution in [2.24, 2.45) is 22.7 Å². The van der Waals surface area contributed by atoms with Crippen LogP contribution in [0.1, 0.15) is 59.3 Å². The summed E-state index contributed by atoms with van der Waals surface area (Å²) in [6.07, 6.45) is 4.09. The van der Waals surface area contributed by atoms with Gasteiger partial charge in [0.1, 0.15) is 12.4 Å². The minimum Gasteiger partial charge on any atom is -0.508 e. The molecule has 5 atom stereocenters. The molecule has 2 aliphatic carbocycles. The van der Waals surface area contributed by atoms with Gasteiger partial charge in [0, 0.05) is 12.3 Å². The van der Waals surface area contributed by atoms with Crippen molar-refractivity contribution < 1.29 is 34.8 Å². The first-order valence-electron chi connectivity index (χ1n) is 10.2. The summed E-state index contributed by atoms with van der Waals surface area (Å²) < 4.78 is 4.89. The quantitative estimate of drug-likeness (QED) is 0.415. The second kappa shape index (κ2) is 8.88. The highest BCUT2D eigenvalue weighted by molar-refractivity contribution is 5.91. The first-order chi connectivity index (χ1) is 13.5. The summed E-state index contributed by atoms with van der Waals surface area (Å²) in [5.74, 6) is -0.784. The fourth-order valence-corrected chi connectivity index (χ4v) is 5.69. The highest BCUT2D eigenvalue weighted by atomic mass is 16.5. The SMILES string of the molecule is C=C1CC[C@@H]2[C@](C)(CO)[C@H](O)CC[C@@]2(C)[C@@H]1CCC1=C(O)COC1=O.CC(=O)O. The van der Waals surface area contributed by atoms with Crippen LogP contribution in [0.4, 0.5) is 0 Å². The van der Waals surface area contributed by atoms with Crippen molar-refractivity contribution >= 4 is 11.9 Å². The number of aliphatic carboxylic acids is 1. The predicted octanol–water partition coefficient (Wildman–Crippen LogP) is 2.97. The van der Waals surface area contributed by atoms with Gasteiger partial charge in [0.2, 0.25) is 0 Å². The lowest BCUT2D eigenvalue weighted by atomic mass is 9.46. The van der Waals surface area contributed by atoms with E-state index in [2.05, 4.69) is 13.5 Å². The minimum atomic E-state index is -0.833. The van der Waals surface area contributed by atoms with Crippen molar-refractivity contribution in [3.8, 4) is 0 Å². The average molecular weight is 411 g/mol. The lowest BCUT2D eigenvalue weighted by Crippen LogP contribution is -2.57. The maximum absolute atomic E-state index is 11.8. The molecule has 3 rings (SSSR count). The molecule has 1 aliphatic heterocycles. The van der Waals surface area contributed by atoms with Crippen molar-refractivity contribution in [2.75, 3.05) is 13.2 Å². The number of aliphatic hydroxyl groups excluding tert-OH is 3. The smallest absolute Gasteiger partial charge is 0.337 e. The first-order valence-corrected chi connectivity index (χ1v) is 10.2. The maximum Gasteiger partial charge on any atom is 0.337 e. The molecule has 7 nitrogen and oxygen atoms in total. The van der Waals surface area contributed by atoms with Gasteiger partial charge in [0.25, 0.3) is 5.97 Å². The first kappa shape index (κ1) is 23.4. The van der Waals surface area contributed by atoms with Crippen LogP contribution in [0.15, 0.2) is 23.5 Å². The summed E-state index contributed by atoms with van der Waals surface area (Å²) in [5, 5.41) is 37.8. The Hall–Kier alpha value is -1.86. The van der Waals surface area contributed by atoms with E-state index in [1.54, 1.807) is 0 Å². The van der Waals surface area contributed by atoms with Crippen molar-refractivity contribution in [1.82, 2.24) is 0 Å². The molecule has 29 heavy (non-hydrogen) atoms. The number of aliphatic hydroxyl groups is 3. The van der Waals surface area contributed by atoms with Crippen LogP contribution in [0.5, 0.6) is 0 Å². The predicted molar refractivity (Wildman–Crippen MR) is 107 cm³/mol. The molecule has 0 amide bonds. The zero-order chi connectivity index (χ0) is 22.0. The van der Waals surface area contributed by atoms with Crippen LogP contribution in [-0.4, -0.2) is 51.7 Å². The molecule has 0 spiro atoms. The number of fused-ring (bicyclic) bond motifs is 1. The number of allylic oxidation sites excluding steroid dienone is 1. The average Bonchev–Trinajstić information content (AvgIpc) is 2.96. The molecule has 2 fully saturated rings. The number of carbonyl (C=O) groups is 2. The van der Waals surface area contributed by atoms with Crippen LogP contribution < -0.4 is 0 Å². The Labute approximate surface area is 172 Å². The molecule has 3 aliphatic rings. The summed E-state index contributed by atoms with van der Waals surface area (Å²) in [6.45, 7) is 9.57. The number of cyclic esters (lactones) is 1. The van der Waals surface area contributed by atoms with Crippen molar-refractivity contribution in [3.05, 3.63) is 23.5 Å². The zero-order valence-corrected chi connectivity index (χ0v) is 17.6. The number of carboxylic acid groups (broad SMARTS) is 1. The Balaban J connectivity index is 0.000000687. The van der Waals surface area contributed by atoms with Crippen molar-refractivity contribution in [3.63, 3.8) is 0 Å². The topological polar surface area (TPSA) is 124 Å². The fourth-order valence-electron chi connectivity index (χ4n) is 5.69. The lowest BCUT2D eigenvalue weighted by molar-refractivity contribution is -0.152. The third-order valence-corrected chi connectivity index (χ3v) is 7.31. The van der Waals surface area contributed by atoms with Gasteiger partial charge in [0.15, 0.2) is 0 Å². The Morgan fingerprint density at radius 2 is 1.93 bits per heavy atom. The Kier molecular flexibility index (Phi) is 7.17. The van der Waals surface area contributed by atoms with Gasteiger partial charge >= 0.3 is 5.97 Å². The van der Waals surface area contributed by atoms with Gasteiger partial charge in [0.05, 0.1) is 18.3 Å². The molecule has 0 saturated heterocycles. The molecule has 4 N–H and O–H groups in total. The molecule has 0 radical (unpaired) electrons. The summed E-state index contributed by atoms with van der Waals surface area (Å²) in [7, 11) is 0. The number of hydrogen-bond donors (Lipinski definition) is 4. The number of hydrogen-bond acceptors (Lipinski definition) is 6. The van der Waals surface area contributed by atoms with Crippen LogP contribution in [0.25, 0.3) is 0 Å². The van der Waals surface area contributed by atoms with Gasteiger partial charge in [-0.15, -0.1) is 0 Å². The van der Waals surface area contributed by atoms with E-state index in [9.17, 15) is 20.1 Å². The van der Waals surface area contributed by atoms with Crippen molar-refractivity contribution in [2.45, 2.75) is 65.4 Å². The van der Waals surface area contributed by atoms with Crippen LogP contribution in [0.3, 0.4) is 0 Å². The summed E-state index contributed by atoms with van der Waals surface area (Å²) in [4.78, 5) is 20.8. The Morgan fingerprint density at radius 3 is 2.45 bits per heavy atom. The van der Waals surface area contributed by atoms with Gasteiger partial charge in [-0.1, -0.05) is 26.0 Å². The largest absolute Gasteiger partial charge is 0.508 e. The fraction of sp³-hybridized carbons (Fsp3) is 0.727. The van der Waals surface area contributed by atoms with Gasteiger partial charge in [-0.25, -0.2) is 4.79 Å². The van der Waals surface area contributed by atoms with Crippen LogP contribution >= 0.6 is 0 Å². The second-order valence-corrected chi connectivity index (χ2v) is 9.09. The highest BCUT2D eigenvalue weighted by Gasteiger charge is 2.57. The van der Waals surface area contributed by atoms with Crippen molar-refractivity contribution in [1.29, 1.82) is 0 Å². The molecule has 7 heteroatoms. The monoisotopic (exact) mass is 410 g/mol. The van der Waals surface area contributed by atoms with E-state index in [-0.39, 0.29) is 36.2 Å². The van der Waals surface area contributed by atoms with Crippen LogP contribution in [0.2, 0.25) is 0 Å². The van der Waals surface area contributed by atoms with E-state index < -0.39 is 23.5 Å². The Bertz CT molecular complexity index is 693. The number of ether oxygens (including phenoxy) is 1. The second-order valence-electron chi connectivity index (χ2n) is 9.09. The summed E-state index contributed by atoms with van der Waals surface area (Å²) in [5.41, 5.74) is 1.01. The number of esters is 1. The summed E-state index contributed by atoms with van der Waals surface area (Å²) >= 11 is 0. The molecule has 164 valence electrons. The van der Waals surface area contributed by atoms with Gasteiger partial charge in [-0.3, -0.25) is 4.79 Å². The normalized spacial score (nSPS) is 36.8.